The Bertz CT molecular complexity index is 1310. The maximum atomic E-state index is 13.4. The van der Waals surface area contributed by atoms with E-state index in [0.29, 0.717) is 22.6 Å². The smallest absolute Gasteiger partial charge is 0.366 e. The van der Waals surface area contributed by atoms with Gasteiger partial charge in [0.05, 0.1) is 27.5 Å². The largest absolute Gasteiger partial charge is 0.417 e. The van der Waals surface area contributed by atoms with Crippen LogP contribution in [0.5, 0.6) is 0 Å². The van der Waals surface area contributed by atoms with Crippen molar-refractivity contribution in [3.05, 3.63) is 75.9 Å². The van der Waals surface area contributed by atoms with E-state index in [2.05, 4.69) is 15.6 Å². The number of aromatic nitrogens is 1. The Labute approximate surface area is 223 Å². The summed E-state index contributed by atoms with van der Waals surface area (Å²) in [4.78, 5) is 19.9. The van der Waals surface area contributed by atoms with Crippen LogP contribution in [0.4, 0.5) is 54.0 Å². The molecule has 2 N–H and O–H groups in total. The molecule has 2 amide bonds. The first kappa shape index (κ1) is 27.6. The summed E-state index contributed by atoms with van der Waals surface area (Å²) in [6.45, 7) is 1.10. The average Bonchev–Trinajstić information content (AvgIpc) is 2.84. The normalized spacial score (nSPS) is 14.4. The van der Waals surface area contributed by atoms with Crippen molar-refractivity contribution in [2.24, 2.45) is 0 Å². The molecular formula is C24H19Cl2F6N5O. The maximum Gasteiger partial charge on any atom is 0.417 e. The van der Waals surface area contributed by atoms with E-state index in [1.807, 2.05) is 0 Å². The number of hydrogen-bond acceptors (Lipinski definition) is 4. The van der Waals surface area contributed by atoms with E-state index in [9.17, 15) is 31.1 Å². The minimum absolute atomic E-state index is 0.0644. The number of piperazine rings is 1. The highest BCUT2D eigenvalue weighted by Gasteiger charge is 2.34. The minimum Gasteiger partial charge on any atom is -0.366 e. The molecule has 1 aromatic heterocycles. The maximum absolute atomic E-state index is 13.4. The number of alkyl halides is 6. The van der Waals surface area contributed by atoms with E-state index in [1.165, 1.54) is 18.2 Å². The fraction of sp³-hybridized carbons (Fsp3) is 0.250. The molecule has 0 radical (unpaired) electrons. The van der Waals surface area contributed by atoms with Gasteiger partial charge >= 0.3 is 18.4 Å². The highest BCUT2D eigenvalue weighted by atomic mass is 35.5. The summed E-state index contributed by atoms with van der Waals surface area (Å²) in [5.41, 5.74) is -1.25. The number of anilines is 4. The molecule has 0 aliphatic carbocycles. The number of benzene rings is 2. The van der Waals surface area contributed by atoms with Gasteiger partial charge in [-0.1, -0.05) is 23.2 Å². The van der Waals surface area contributed by atoms with Gasteiger partial charge in [-0.3, -0.25) is 0 Å². The molecule has 202 valence electrons. The fourth-order valence-electron chi connectivity index (χ4n) is 3.88. The van der Waals surface area contributed by atoms with Gasteiger partial charge in [-0.2, -0.15) is 26.3 Å². The van der Waals surface area contributed by atoms with Gasteiger partial charge in [0.2, 0.25) is 0 Å². The second-order valence-electron chi connectivity index (χ2n) is 8.32. The minimum atomic E-state index is -4.63. The average molecular weight is 578 g/mol. The van der Waals surface area contributed by atoms with Crippen LogP contribution in [0.1, 0.15) is 11.1 Å². The van der Waals surface area contributed by atoms with Crippen molar-refractivity contribution in [3.63, 3.8) is 0 Å². The van der Waals surface area contributed by atoms with Crippen LogP contribution >= 0.6 is 23.2 Å². The van der Waals surface area contributed by atoms with E-state index in [1.54, 1.807) is 21.9 Å². The van der Waals surface area contributed by atoms with Gasteiger partial charge in [0, 0.05) is 43.1 Å². The molecule has 1 saturated heterocycles. The Balaban J connectivity index is 1.51. The van der Waals surface area contributed by atoms with E-state index in [-0.39, 0.29) is 42.7 Å². The fourth-order valence-corrected chi connectivity index (χ4v) is 4.30. The number of nitrogens with zero attached hydrogens (tertiary/aromatic N) is 3. The van der Waals surface area contributed by atoms with Crippen molar-refractivity contribution in [1.82, 2.24) is 4.98 Å². The number of pyridine rings is 1. The molecule has 6 nitrogen and oxygen atoms in total. The summed E-state index contributed by atoms with van der Waals surface area (Å²) < 4.78 is 78.9. The summed E-state index contributed by atoms with van der Waals surface area (Å²) in [6, 6.07) is 9.23. The third-order valence-electron chi connectivity index (χ3n) is 5.74. The van der Waals surface area contributed by atoms with Crippen LogP contribution in [-0.4, -0.2) is 37.2 Å². The van der Waals surface area contributed by atoms with Gasteiger partial charge in [0.1, 0.15) is 5.82 Å². The first-order valence-electron chi connectivity index (χ1n) is 11.1. The standard InChI is InChI=1S/C24H19Cl2F6N5O/c25-16-2-4-17(5-3-16)34-22(38)35-19-12-14(23(27,28)29)1-6-20(19)36-7-9-37(10-8-36)21-18(26)11-15(13-33-21)24(30,31)32/h1-6,11-13H,7-10H2,(H2,34,35,38). The third kappa shape index (κ3) is 6.54. The second-order valence-corrected chi connectivity index (χ2v) is 9.16. The predicted octanol–water partition coefficient (Wildman–Crippen LogP) is 7.40. The molecule has 2 aromatic carbocycles. The van der Waals surface area contributed by atoms with Gasteiger partial charge in [-0.15, -0.1) is 0 Å². The number of rotatable bonds is 4. The number of halogens is 8. The molecule has 14 heteroatoms. The zero-order chi connectivity index (χ0) is 27.7. The van der Waals surface area contributed by atoms with Crippen LogP contribution in [0.3, 0.4) is 0 Å². The molecule has 38 heavy (non-hydrogen) atoms. The number of hydrogen-bond donors (Lipinski definition) is 2. The monoisotopic (exact) mass is 577 g/mol. The van der Waals surface area contributed by atoms with Crippen molar-refractivity contribution in [1.29, 1.82) is 0 Å². The molecular weight excluding hydrogens is 559 g/mol. The summed E-state index contributed by atoms with van der Waals surface area (Å²) in [6.07, 6.45) is -8.52. The molecule has 0 bridgehead atoms. The zero-order valence-corrected chi connectivity index (χ0v) is 20.8. The molecule has 1 fully saturated rings. The van der Waals surface area contributed by atoms with Gasteiger partial charge < -0.3 is 20.4 Å². The Morgan fingerprint density at radius 3 is 1.97 bits per heavy atom. The molecule has 0 spiro atoms. The van der Waals surface area contributed by atoms with Crippen LogP contribution in [0.15, 0.2) is 54.7 Å². The van der Waals surface area contributed by atoms with Crippen molar-refractivity contribution >= 4 is 52.1 Å². The molecule has 0 unspecified atom stereocenters. The molecule has 0 atom stereocenters. The van der Waals surface area contributed by atoms with Crippen LogP contribution in [-0.2, 0) is 12.4 Å². The van der Waals surface area contributed by atoms with Crippen LogP contribution in [0, 0.1) is 0 Å². The van der Waals surface area contributed by atoms with Gasteiger partial charge in [0.25, 0.3) is 0 Å². The van der Waals surface area contributed by atoms with Gasteiger partial charge in [0.15, 0.2) is 0 Å². The lowest BCUT2D eigenvalue weighted by atomic mass is 10.1. The van der Waals surface area contributed by atoms with E-state index >= 15 is 0 Å². The van der Waals surface area contributed by atoms with Crippen LogP contribution in [0.25, 0.3) is 0 Å². The first-order valence-corrected chi connectivity index (χ1v) is 11.8. The van der Waals surface area contributed by atoms with E-state index in [4.69, 9.17) is 23.2 Å². The lowest BCUT2D eigenvalue weighted by molar-refractivity contribution is -0.138. The van der Waals surface area contributed by atoms with Crippen molar-refractivity contribution in [3.8, 4) is 0 Å². The lowest BCUT2D eigenvalue weighted by Crippen LogP contribution is -2.47. The number of amides is 2. The zero-order valence-electron chi connectivity index (χ0n) is 19.3. The number of urea groups is 1. The first-order chi connectivity index (χ1) is 17.8. The molecule has 0 saturated carbocycles. The Morgan fingerprint density at radius 1 is 0.789 bits per heavy atom. The van der Waals surface area contributed by atoms with Crippen molar-refractivity contribution in [2.45, 2.75) is 12.4 Å². The molecule has 2 heterocycles. The number of carbonyl (C=O) groups is 1. The quantitative estimate of drug-likeness (QED) is 0.317. The summed E-state index contributed by atoms with van der Waals surface area (Å²) >= 11 is 11.9. The third-order valence-corrected chi connectivity index (χ3v) is 6.27. The highest BCUT2D eigenvalue weighted by molar-refractivity contribution is 6.33. The molecule has 3 aromatic rings. The van der Waals surface area contributed by atoms with Crippen LogP contribution < -0.4 is 20.4 Å². The van der Waals surface area contributed by atoms with Gasteiger partial charge in [-0.25, -0.2) is 9.78 Å². The Hall–Kier alpha value is -3.38. The Morgan fingerprint density at radius 2 is 1.39 bits per heavy atom. The topological polar surface area (TPSA) is 60.5 Å². The van der Waals surface area contributed by atoms with Crippen molar-refractivity contribution < 1.29 is 31.1 Å². The number of carbonyl (C=O) groups excluding carboxylic acids is 1. The summed E-state index contributed by atoms with van der Waals surface area (Å²) in [7, 11) is 0. The second kappa shape index (κ2) is 10.8. The summed E-state index contributed by atoms with van der Waals surface area (Å²) in [5, 5.41) is 5.30. The van der Waals surface area contributed by atoms with Gasteiger partial charge in [-0.05, 0) is 48.5 Å². The highest BCUT2D eigenvalue weighted by Crippen LogP contribution is 2.37. The SMILES string of the molecule is O=C(Nc1ccc(Cl)cc1)Nc1cc(C(F)(F)F)ccc1N1CCN(c2ncc(C(F)(F)F)cc2Cl)CC1. The number of nitrogens with one attached hydrogen (secondary N) is 2. The predicted molar refractivity (Wildman–Crippen MR) is 134 cm³/mol. The lowest BCUT2D eigenvalue weighted by Gasteiger charge is -2.38. The van der Waals surface area contributed by atoms with E-state index < -0.39 is 29.5 Å². The van der Waals surface area contributed by atoms with Crippen LogP contribution in [0.2, 0.25) is 10.0 Å². The van der Waals surface area contributed by atoms with E-state index in [0.717, 1.165) is 18.2 Å². The Kier molecular flexibility index (Phi) is 7.84. The molecule has 1 aliphatic rings. The molecule has 1 aliphatic heterocycles. The summed E-state index contributed by atoms with van der Waals surface area (Å²) in [5.74, 6) is 0.174. The molecule has 4 rings (SSSR count). The van der Waals surface area contributed by atoms with Crippen molar-refractivity contribution in [2.75, 3.05) is 46.6 Å².